The molecule has 3 heterocycles. The molecule has 0 amide bonds. The predicted molar refractivity (Wildman–Crippen MR) is 148 cm³/mol. The number of hydrogen-bond donors (Lipinski definition) is 1. The van der Waals surface area contributed by atoms with Crippen molar-refractivity contribution in [1.82, 2.24) is 19.9 Å². The Morgan fingerprint density at radius 1 is 1.03 bits per heavy atom. The molecule has 1 fully saturated rings. The van der Waals surface area contributed by atoms with Crippen molar-refractivity contribution >= 4 is 29.4 Å². The molecule has 38 heavy (non-hydrogen) atoms. The number of hydrogen-bond acceptors (Lipinski definition) is 7. The molecule has 1 saturated heterocycles. The van der Waals surface area contributed by atoms with Gasteiger partial charge in [0.25, 0.3) is 0 Å². The van der Waals surface area contributed by atoms with Crippen molar-refractivity contribution < 1.29 is 19.0 Å². The molecule has 1 N–H and O–H groups in total. The van der Waals surface area contributed by atoms with Gasteiger partial charge in [0.05, 0.1) is 24.0 Å². The fourth-order valence-electron chi connectivity index (χ4n) is 4.62. The van der Waals surface area contributed by atoms with E-state index in [0.29, 0.717) is 36.3 Å². The van der Waals surface area contributed by atoms with Crippen molar-refractivity contribution in [3.05, 3.63) is 84.3 Å². The van der Waals surface area contributed by atoms with E-state index in [0.717, 1.165) is 42.5 Å². The van der Waals surface area contributed by atoms with Gasteiger partial charge in [-0.05, 0) is 68.6 Å². The van der Waals surface area contributed by atoms with E-state index in [4.69, 9.17) is 14.2 Å². The van der Waals surface area contributed by atoms with Crippen molar-refractivity contribution in [1.29, 1.82) is 0 Å². The Morgan fingerprint density at radius 3 is 2.58 bits per heavy atom. The molecule has 1 aliphatic heterocycles. The Labute approximate surface area is 228 Å². The highest BCUT2D eigenvalue weighted by molar-refractivity contribution is 5.89. The zero-order valence-electron chi connectivity index (χ0n) is 21.4. The van der Waals surface area contributed by atoms with Crippen LogP contribution in [-0.4, -0.2) is 64.8 Å². The van der Waals surface area contributed by atoms with Gasteiger partial charge in [0.2, 0.25) is 5.88 Å². The summed E-state index contributed by atoms with van der Waals surface area (Å²) >= 11 is 0. The van der Waals surface area contributed by atoms with E-state index in [-0.39, 0.29) is 25.0 Å². The van der Waals surface area contributed by atoms with Crippen molar-refractivity contribution in [3.8, 4) is 11.6 Å². The van der Waals surface area contributed by atoms with E-state index in [1.54, 1.807) is 24.7 Å². The number of imidazole rings is 1. The Hall–Kier alpha value is -3.62. The van der Waals surface area contributed by atoms with Crippen LogP contribution in [0.1, 0.15) is 28.8 Å². The molecule has 4 aromatic rings. The number of pyridine rings is 1. The number of benzene rings is 2. The van der Waals surface area contributed by atoms with Gasteiger partial charge in [0.15, 0.2) is 0 Å². The number of aromatic amines is 1. The molecule has 0 radical (unpaired) electrons. The number of carbonyl (C=O) groups excluding carboxylic acids is 1. The zero-order valence-corrected chi connectivity index (χ0v) is 22.2. The molecule has 200 valence electrons. The van der Waals surface area contributed by atoms with Crippen LogP contribution in [0.2, 0.25) is 0 Å². The molecule has 0 bridgehead atoms. The summed E-state index contributed by atoms with van der Waals surface area (Å²) in [4.78, 5) is 27.0. The number of aromatic nitrogens is 3. The average molecular weight is 537 g/mol. The average Bonchev–Trinajstić information content (AvgIpc) is 3.44. The van der Waals surface area contributed by atoms with Gasteiger partial charge in [-0.3, -0.25) is 4.90 Å². The summed E-state index contributed by atoms with van der Waals surface area (Å²) in [5.74, 6) is 1.46. The topological polar surface area (TPSA) is 89.6 Å². The number of ether oxygens (including phenoxy) is 3. The first-order valence-corrected chi connectivity index (χ1v) is 12.7. The lowest BCUT2D eigenvalue weighted by Crippen LogP contribution is -2.43. The maximum Gasteiger partial charge on any atom is 0.338 e. The van der Waals surface area contributed by atoms with Crippen molar-refractivity contribution in [2.45, 2.75) is 25.9 Å². The first kappa shape index (κ1) is 27.4. The van der Waals surface area contributed by atoms with Gasteiger partial charge in [-0.2, -0.15) is 0 Å². The van der Waals surface area contributed by atoms with Gasteiger partial charge in [-0.25, -0.2) is 14.8 Å². The first-order valence-electron chi connectivity index (χ1n) is 12.7. The highest BCUT2D eigenvalue weighted by atomic mass is 35.5. The fourth-order valence-corrected chi connectivity index (χ4v) is 4.62. The highest BCUT2D eigenvalue weighted by Crippen LogP contribution is 2.26. The second kappa shape index (κ2) is 13.3. The number of rotatable bonds is 10. The summed E-state index contributed by atoms with van der Waals surface area (Å²) in [5, 5.41) is 0. The highest BCUT2D eigenvalue weighted by Gasteiger charge is 2.25. The van der Waals surface area contributed by atoms with Gasteiger partial charge in [-0.15, -0.1) is 12.4 Å². The number of fused-ring (bicyclic) bond motifs is 1. The van der Waals surface area contributed by atoms with E-state index in [2.05, 4.69) is 19.9 Å². The second-order valence-electron chi connectivity index (χ2n) is 9.43. The Morgan fingerprint density at radius 2 is 1.82 bits per heavy atom. The summed E-state index contributed by atoms with van der Waals surface area (Å²) in [6.07, 6.45) is 5.01. The number of carbonyl (C=O) groups is 1. The van der Waals surface area contributed by atoms with Crippen LogP contribution in [0.15, 0.2) is 73.2 Å². The SMILES string of the molecule is Cc1ccc(OCC(CN2CCC(COc3ccccn3)CC2)OC(=O)c2ccccc2)c2nc[nH]c12.Cl. The lowest BCUT2D eigenvalue weighted by molar-refractivity contribution is 0.00124. The normalized spacial score (nSPS) is 15.0. The molecule has 2 aromatic heterocycles. The minimum Gasteiger partial charge on any atom is -0.487 e. The predicted octanol–water partition coefficient (Wildman–Crippen LogP) is 5.08. The van der Waals surface area contributed by atoms with Crippen molar-refractivity contribution in [3.63, 3.8) is 0 Å². The van der Waals surface area contributed by atoms with E-state index in [1.165, 1.54) is 0 Å². The van der Waals surface area contributed by atoms with E-state index in [1.807, 2.05) is 55.5 Å². The standard InChI is InChI=1S/C29H32N4O4.ClH/c1-21-10-11-25(28-27(21)31-20-32-28)35-19-24(37-29(34)23-7-3-2-4-8-23)17-33-15-12-22(13-16-33)18-36-26-9-5-6-14-30-26;/h2-11,14,20,22,24H,12-13,15-19H2,1H3,(H,31,32);1H. The maximum absolute atomic E-state index is 12.9. The number of halogens is 1. The van der Waals surface area contributed by atoms with Crippen LogP contribution in [0.5, 0.6) is 11.6 Å². The second-order valence-corrected chi connectivity index (χ2v) is 9.43. The fraction of sp³-hybridized carbons (Fsp3) is 0.345. The van der Waals surface area contributed by atoms with Crippen LogP contribution in [-0.2, 0) is 4.74 Å². The summed E-state index contributed by atoms with van der Waals surface area (Å²) in [7, 11) is 0. The minimum atomic E-state index is -0.427. The van der Waals surface area contributed by atoms with Crippen LogP contribution in [0, 0.1) is 12.8 Å². The largest absolute Gasteiger partial charge is 0.487 e. The van der Waals surface area contributed by atoms with Gasteiger partial charge >= 0.3 is 5.97 Å². The molecule has 0 saturated carbocycles. The van der Waals surface area contributed by atoms with Crippen molar-refractivity contribution in [2.24, 2.45) is 5.92 Å². The molecule has 5 rings (SSSR count). The third-order valence-corrected chi connectivity index (χ3v) is 6.73. The molecule has 8 nitrogen and oxygen atoms in total. The number of nitrogens with zero attached hydrogens (tertiary/aromatic N) is 3. The summed E-state index contributed by atoms with van der Waals surface area (Å²) < 4.78 is 18.0. The lowest BCUT2D eigenvalue weighted by atomic mass is 9.97. The van der Waals surface area contributed by atoms with E-state index in [9.17, 15) is 4.79 Å². The van der Waals surface area contributed by atoms with Crippen LogP contribution in [0.4, 0.5) is 0 Å². The van der Waals surface area contributed by atoms with E-state index < -0.39 is 6.10 Å². The number of H-pyrrole nitrogens is 1. The molecule has 9 heteroatoms. The number of likely N-dealkylation sites (tertiary alicyclic amines) is 1. The third kappa shape index (κ3) is 7.02. The van der Waals surface area contributed by atoms with Gasteiger partial charge in [0, 0.05) is 18.8 Å². The lowest BCUT2D eigenvalue weighted by Gasteiger charge is -2.33. The maximum atomic E-state index is 12.9. The molecule has 0 aliphatic carbocycles. The number of piperidine rings is 1. The van der Waals surface area contributed by atoms with Crippen LogP contribution >= 0.6 is 12.4 Å². The Bertz CT molecular complexity index is 1290. The number of esters is 1. The third-order valence-electron chi connectivity index (χ3n) is 6.73. The molecular weight excluding hydrogens is 504 g/mol. The molecule has 1 unspecified atom stereocenters. The Balaban J connectivity index is 0.00000336. The summed E-state index contributed by atoms with van der Waals surface area (Å²) in [6.45, 7) is 5.34. The minimum absolute atomic E-state index is 0. The summed E-state index contributed by atoms with van der Waals surface area (Å²) in [6, 6.07) is 18.7. The number of nitrogens with one attached hydrogen (secondary N) is 1. The van der Waals surface area contributed by atoms with Crippen LogP contribution in [0.25, 0.3) is 11.0 Å². The first-order chi connectivity index (χ1) is 18.2. The zero-order chi connectivity index (χ0) is 25.5. The molecule has 2 aromatic carbocycles. The number of aryl methyl sites for hydroxylation is 1. The van der Waals surface area contributed by atoms with Crippen molar-refractivity contribution in [2.75, 3.05) is 32.8 Å². The summed E-state index contributed by atoms with van der Waals surface area (Å²) in [5.41, 5.74) is 3.36. The molecule has 1 aliphatic rings. The monoisotopic (exact) mass is 536 g/mol. The molecule has 0 spiro atoms. The smallest absolute Gasteiger partial charge is 0.338 e. The van der Waals surface area contributed by atoms with E-state index >= 15 is 0 Å². The molecular formula is C29H33ClN4O4. The van der Waals surface area contributed by atoms with Gasteiger partial charge in [-0.1, -0.05) is 30.3 Å². The van der Waals surface area contributed by atoms with Gasteiger partial charge < -0.3 is 19.2 Å². The van der Waals surface area contributed by atoms with Gasteiger partial charge in [0.1, 0.15) is 24.0 Å². The van der Waals surface area contributed by atoms with Crippen LogP contribution < -0.4 is 9.47 Å². The molecule has 1 atom stereocenters. The van der Waals surface area contributed by atoms with Crippen LogP contribution in [0.3, 0.4) is 0 Å². The quantitative estimate of drug-likeness (QED) is 0.282. The Kier molecular flexibility index (Phi) is 9.56.